The maximum atomic E-state index is 13.0. The number of hydrogen-bond acceptors (Lipinski definition) is 4. The quantitative estimate of drug-likeness (QED) is 0.603. The highest BCUT2D eigenvalue weighted by molar-refractivity contribution is 6.30. The van der Waals surface area contributed by atoms with Gasteiger partial charge in [-0.3, -0.25) is 19.8 Å². The molecule has 3 N–H and O–H groups in total. The molecule has 9 heteroatoms. The number of rotatable bonds is 4. The van der Waals surface area contributed by atoms with E-state index in [1.807, 2.05) is 0 Å². The first kappa shape index (κ1) is 21.2. The highest BCUT2D eigenvalue weighted by Crippen LogP contribution is 2.55. The minimum absolute atomic E-state index is 0.229. The van der Waals surface area contributed by atoms with Crippen molar-refractivity contribution in [1.82, 2.24) is 20.9 Å². The Bertz CT molecular complexity index is 959. The van der Waals surface area contributed by atoms with Gasteiger partial charge in [-0.25, -0.2) is 9.59 Å². The molecule has 4 saturated carbocycles. The Balaban J connectivity index is 1.20. The lowest BCUT2D eigenvalue weighted by Gasteiger charge is -2.56. The average molecular weight is 459 g/mol. The molecule has 4 aliphatic carbocycles. The maximum absolute atomic E-state index is 13.0. The number of benzene rings is 1. The highest BCUT2D eigenvalue weighted by atomic mass is 35.5. The lowest BCUT2D eigenvalue weighted by molar-refractivity contribution is -0.134. The summed E-state index contributed by atoms with van der Waals surface area (Å²) in [5.74, 6) is 0.730. The second kappa shape index (κ2) is 7.47. The van der Waals surface area contributed by atoms with Gasteiger partial charge in [-0.1, -0.05) is 23.7 Å². The van der Waals surface area contributed by atoms with Crippen LogP contribution >= 0.6 is 11.6 Å². The number of hydrogen-bond donors (Lipinski definition) is 3. The van der Waals surface area contributed by atoms with Crippen LogP contribution in [0.4, 0.5) is 9.59 Å². The molecular formula is C23H27ClN4O4. The summed E-state index contributed by atoms with van der Waals surface area (Å²) in [6.07, 6.45) is 6.65. The molecule has 5 fully saturated rings. The van der Waals surface area contributed by atoms with E-state index in [-0.39, 0.29) is 5.54 Å². The third kappa shape index (κ3) is 3.64. The minimum Gasteiger partial charge on any atom is -0.332 e. The number of carbonyl (C=O) groups excluding carboxylic acids is 4. The van der Waals surface area contributed by atoms with E-state index in [1.54, 1.807) is 31.2 Å². The SMILES string of the molecule is CC1(c2ccc(Cl)cc2)NC(=O)N(CC(=O)NC(=O)NC23CC4CC(CC(C4)C2)C3)C1=O. The van der Waals surface area contributed by atoms with E-state index < -0.39 is 36.0 Å². The van der Waals surface area contributed by atoms with Crippen molar-refractivity contribution in [3.05, 3.63) is 34.9 Å². The van der Waals surface area contributed by atoms with Crippen molar-refractivity contribution >= 4 is 35.5 Å². The number of carbonyl (C=O) groups is 4. The second-order valence-electron chi connectivity index (χ2n) is 10.2. The Morgan fingerprint density at radius 3 is 2.19 bits per heavy atom. The Morgan fingerprint density at radius 2 is 1.62 bits per heavy atom. The van der Waals surface area contributed by atoms with Crippen LogP contribution in [0, 0.1) is 17.8 Å². The van der Waals surface area contributed by atoms with Crippen molar-refractivity contribution in [3.8, 4) is 0 Å². The molecule has 1 aromatic carbocycles. The summed E-state index contributed by atoms with van der Waals surface area (Å²) >= 11 is 5.91. The van der Waals surface area contributed by atoms with Gasteiger partial charge in [0.25, 0.3) is 5.91 Å². The molecule has 1 aromatic rings. The molecular weight excluding hydrogens is 432 g/mol. The van der Waals surface area contributed by atoms with Crippen LogP contribution in [-0.2, 0) is 15.1 Å². The molecule has 1 saturated heterocycles. The van der Waals surface area contributed by atoms with Gasteiger partial charge in [-0.2, -0.15) is 0 Å². The molecule has 6 rings (SSSR count). The van der Waals surface area contributed by atoms with Gasteiger partial charge in [-0.15, -0.1) is 0 Å². The number of nitrogens with one attached hydrogen (secondary N) is 3. The molecule has 1 aliphatic heterocycles. The predicted octanol–water partition coefficient (Wildman–Crippen LogP) is 2.90. The van der Waals surface area contributed by atoms with Gasteiger partial charge in [0.05, 0.1) is 0 Å². The van der Waals surface area contributed by atoms with E-state index in [9.17, 15) is 19.2 Å². The zero-order valence-electron chi connectivity index (χ0n) is 17.9. The summed E-state index contributed by atoms with van der Waals surface area (Å²) in [6, 6.07) is 5.34. The number of amides is 6. The number of nitrogens with zero attached hydrogens (tertiary/aromatic N) is 1. The zero-order chi connectivity index (χ0) is 22.7. The molecule has 4 bridgehead atoms. The molecule has 5 aliphatic rings. The van der Waals surface area contributed by atoms with Gasteiger partial charge >= 0.3 is 12.1 Å². The maximum Gasteiger partial charge on any atom is 0.325 e. The van der Waals surface area contributed by atoms with Crippen LogP contribution < -0.4 is 16.0 Å². The van der Waals surface area contributed by atoms with Gasteiger partial charge in [0.2, 0.25) is 5.91 Å². The Hall–Kier alpha value is -2.61. The fourth-order valence-corrected chi connectivity index (χ4v) is 6.79. The molecule has 6 amide bonds. The molecule has 8 nitrogen and oxygen atoms in total. The van der Waals surface area contributed by atoms with Crippen LogP contribution in [0.3, 0.4) is 0 Å². The Labute approximate surface area is 191 Å². The fraction of sp³-hybridized carbons (Fsp3) is 0.565. The third-order valence-electron chi connectivity index (χ3n) is 7.67. The fourth-order valence-electron chi connectivity index (χ4n) is 6.67. The summed E-state index contributed by atoms with van der Waals surface area (Å²) < 4.78 is 0. The molecule has 170 valence electrons. The molecule has 1 heterocycles. The number of urea groups is 2. The summed E-state index contributed by atoms with van der Waals surface area (Å²) in [4.78, 5) is 51.4. The third-order valence-corrected chi connectivity index (χ3v) is 7.92. The summed E-state index contributed by atoms with van der Waals surface area (Å²) in [6.45, 7) is 1.05. The van der Waals surface area contributed by atoms with Gasteiger partial charge in [-0.05, 0) is 80.9 Å². The van der Waals surface area contributed by atoms with Crippen LogP contribution in [-0.4, -0.2) is 40.9 Å². The minimum atomic E-state index is -1.30. The number of imide groups is 2. The van der Waals surface area contributed by atoms with Crippen LogP contribution in [0.15, 0.2) is 24.3 Å². The van der Waals surface area contributed by atoms with Crippen molar-refractivity contribution in [2.24, 2.45) is 17.8 Å². The summed E-state index contributed by atoms with van der Waals surface area (Å²) in [5.41, 5.74) is -0.973. The Kier molecular flexibility index (Phi) is 4.96. The van der Waals surface area contributed by atoms with Crippen LogP contribution in [0.1, 0.15) is 51.0 Å². The lowest BCUT2D eigenvalue weighted by Crippen LogP contribution is -2.62. The van der Waals surface area contributed by atoms with Crippen molar-refractivity contribution in [1.29, 1.82) is 0 Å². The normalized spacial score (nSPS) is 35.1. The van der Waals surface area contributed by atoms with E-state index in [2.05, 4.69) is 16.0 Å². The average Bonchev–Trinajstić information content (AvgIpc) is 2.90. The highest BCUT2D eigenvalue weighted by Gasteiger charge is 2.52. The predicted molar refractivity (Wildman–Crippen MR) is 117 cm³/mol. The first-order chi connectivity index (χ1) is 15.2. The lowest BCUT2D eigenvalue weighted by atomic mass is 9.53. The van der Waals surface area contributed by atoms with Crippen molar-refractivity contribution in [3.63, 3.8) is 0 Å². The first-order valence-electron chi connectivity index (χ1n) is 11.2. The summed E-state index contributed by atoms with van der Waals surface area (Å²) in [7, 11) is 0. The van der Waals surface area contributed by atoms with E-state index >= 15 is 0 Å². The molecule has 0 spiro atoms. The zero-order valence-corrected chi connectivity index (χ0v) is 18.7. The van der Waals surface area contributed by atoms with Crippen LogP contribution in [0.5, 0.6) is 0 Å². The van der Waals surface area contributed by atoms with E-state index in [1.165, 1.54) is 19.3 Å². The van der Waals surface area contributed by atoms with Crippen LogP contribution in [0.2, 0.25) is 5.02 Å². The summed E-state index contributed by atoms with van der Waals surface area (Å²) in [5, 5.41) is 8.53. The van der Waals surface area contributed by atoms with Gasteiger partial charge in [0.15, 0.2) is 0 Å². The van der Waals surface area contributed by atoms with E-state index in [4.69, 9.17) is 11.6 Å². The standard InChI is InChI=1S/C23H27ClN4O4/c1-22(16-2-4-17(24)5-3-16)19(30)28(21(32)27-22)12-18(29)25-20(31)26-23-9-13-6-14(10-23)8-15(7-13)11-23/h2-5,13-15H,6-12H2,1H3,(H,27,32)(H2,25,26,29,31). The molecule has 1 unspecified atom stereocenters. The van der Waals surface area contributed by atoms with E-state index in [0.717, 1.165) is 24.2 Å². The van der Waals surface area contributed by atoms with Gasteiger partial charge < -0.3 is 10.6 Å². The van der Waals surface area contributed by atoms with Gasteiger partial charge in [0.1, 0.15) is 12.1 Å². The molecule has 32 heavy (non-hydrogen) atoms. The van der Waals surface area contributed by atoms with Crippen molar-refractivity contribution in [2.75, 3.05) is 6.54 Å². The van der Waals surface area contributed by atoms with Gasteiger partial charge in [0, 0.05) is 10.6 Å². The second-order valence-corrected chi connectivity index (χ2v) is 10.6. The molecule has 0 aromatic heterocycles. The van der Waals surface area contributed by atoms with Crippen molar-refractivity contribution < 1.29 is 19.2 Å². The monoisotopic (exact) mass is 458 g/mol. The molecule has 1 atom stereocenters. The van der Waals surface area contributed by atoms with Crippen molar-refractivity contribution in [2.45, 2.75) is 56.5 Å². The largest absolute Gasteiger partial charge is 0.332 e. The topological polar surface area (TPSA) is 108 Å². The van der Waals surface area contributed by atoms with Crippen LogP contribution in [0.25, 0.3) is 0 Å². The smallest absolute Gasteiger partial charge is 0.325 e. The number of halogens is 1. The first-order valence-corrected chi connectivity index (χ1v) is 11.6. The van der Waals surface area contributed by atoms with E-state index in [0.29, 0.717) is 28.3 Å². The molecule has 0 radical (unpaired) electrons. The Morgan fingerprint density at radius 1 is 1.06 bits per heavy atom.